The first-order chi connectivity index (χ1) is 16.8. The molecule has 0 aliphatic heterocycles. The zero-order valence-corrected chi connectivity index (χ0v) is 18.6. The lowest BCUT2D eigenvalue weighted by Gasteiger charge is -2.03. The Balaban J connectivity index is 0.000000222. The van der Waals surface area contributed by atoms with Gasteiger partial charge < -0.3 is 4.74 Å². The predicted molar refractivity (Wildman–Crippen MR) is 137 cm³/mol. The van der Waals surface area contributed by atoms with Gasteiger partial charge in [0.15, 0.2) is 0 Å². The average Bonchev–Trinajstić information content (AvgIpc) is 3.55. The molecule has 34 heavy (non-hydrogen) atoms. The van der Waals surface area contributed by atoms with Gasteiger partial charge in [0.25, 0.3) is 0 Å². The molecule has 0 fully saturated rings. The second-order valence-electron chi connectivity index (χ2n) is 7.66. The van der Waals surface area contributed by atoms with Crippen LogP contribution in [0, 0.1) is 0 Å². The maximum Gasteiger partial charge on any atom is 0.212 e. The molecule has 3 aromatic carbocycles. The number of methoxy groups -OCH3 is 1. The van der Waals surface area contributed by atoms with Gasteiger partial charge in [-0.05, 0) is 41.5 Å². The Hall–Kier alpha value is -4.71. The van der Waals surface area contributed by atoms with E-state index in [-0.39, 0.29) is 0 Å². The topological polar surface area (TPSA) is 79.5 Å². The lowest BCUT2D eigenvalue weighted by molar-refractivity contribution is 0.398. The lowest BCUT2D eigenvalue weighted by atomic mass is 10.0. The molecule has 0 aliphatic carbocycles. The molecule has 0 saturated heterocycles. The highest BCUT2D eigenvalue weighted by Crippen LogP contribution is 2.26. The molecule has 0 saturated carbocycles. The van der Waals surface area contributed by atoms with Crippen molar-refractivity contribution < 1.29 is 4.74 Å². The summed E-state index contributed by atoms with van der Waals surface area (Å²) in [4.78, 5) is 4.26. The number of para-hydroxylation sites is 1. The third-order valence-corrected chi connectivity index (χ3v) is 5.45. The molecule has 0 bridgehead atoms. The van der Waals surface area contributed by atoms with E-state index in [1.54, 1.807) is 7.11 Å². The first-order valence-electron chi connectivity index (χ1n) is 10.9. The second kappa shape index (κ2) is 9.83. The van der Waals surface area contributed by atoms with Crippen LogP contribution in [-0.2, 0) is 0 Å². The molecule has 0 amide bonds. The molecule has 3 aromatic heterocycles. The number of hydrogen-bond donors (Lipinski definition) is 2. The average molecular weight is 446 g/mol. The molecule has 0 unspecified atom stereocenters. The summed E-state index contributed by atoms with van der Waals surface area (Å²) < 4.78 is 5.11. The Labute approximate surface area is 197 Å². The van der Waals surface area contributed by atoms with E-state index in [0.717, 1.165) is 44.2 Å². The van der Waals surface area contributed by atoms with E-state index < -0.39 is 0 Å². The zero-order valence-electron chi connectivity index (χ0n) is 18.6. The molecule has 2 N–H and O–H groups in total. The van der Waals surface area contributed by atoms with E-state index in [9.17, 15) is 0 Å². The molecule has 6 rings (SSSR count). The van der Waals surface area contributed by atoms with E-state index in [0.29, 0.717) is 5.88 Å². The number of aromatic amines is 2. The van der Waals surface area contributed by atoms with E-state index in [4.69, 9.17) is 4.74 Å². The van der Waals surface area contributed by atoms with Crippen LogP contribution in [-0.4, -0.2) is 32.5 Å². The summed E-state index contributed by atoms with van der Waals surface area (Å²) >= 11 is 0. The van der Waals surface area contributed by atoms with Crippen molar-refractivity contribution in [3.05, 3.63) is 109 Å². The van der Waals surface area contributed by atoms with Gasteiger partial charge in [0.05, 0.1) is 30.0 Å². The van der Waals surface area contributed by atoms with Gasteiger partial charge in [-0.25, -0.2) is 4.98 Å². The minimum atomic E-state index is 0.611. The second-order valence-corrected chi connectivity index (χ2v) is 7.66. The Morgan fingerprint density at radius 1 is 0.735 bits per heavy atom. The quantitative estimate of drug-likeness (QED) is 0.331. The Kier molecular flexibility index (Phi) is 6.12. The van der Waals surface area contributed by atoms with Crippen LogP contribution >= 0.6 is 0 Å². The molecule has 6 nitrogen and oxygen atoms in total. The first-order valence-corrected chi connectivity index (χ1v) is 10.9. The number of pyridine rings is 1. The van der Waals surface area contributed by atoms with Crippen molar-refractivity contribution in [1.82, 2.24) is 25.4 Å². The summed E-state index contributed by atoms with van der Waals surface area (Å²) in [6.07, 6.45) is 7.72. The Morgan fingerprint density at radius 3 is 2.35 bits per heavy atom. The molecule has 6 aromatic rings. The summed E-state index contributed by atoms with van der Waals surface area (Å²) in [6, 6.07) is 28.3. The van der Waals surface area contributed by atoms with Crippen molar-refractivity contribution in [3.8, 4) is 17.0 Å². The highest BCUT2D eigenvalue weighted by molar-refractivity contribution is 5.92. The van der Waals surface area contributed by atoms with Crippen LogP contribution in [0.1, 0.15) is 11.3 Å². The zero-order chi connectivity index (χ0) is 23.2. The molecule has 166 valence electrons. The van der Waals surface area contributed by atoms with Gasteiger partial charge in [-0.3, -0.25) is 10.2 Å². The van der Waals surface area contributed by atoms with Crippen LogP contribution in [0.25, 0.3) is 45.1 Å². The number of hydrogen-bond acceptors (Lipinski definition) is 4. The molecule has 0 radical (unpaired) electrons. The van der Waals surface area contributed by atoms with Crippen LogP contribution in [0.3, 0.4) is 0 Å². The van der Waals surface area contributed by atoms with Gasteiger partial charge in [-0.1, -0.05) is 60.7 Å². The van der Waals surface area contributed by atoms with E-state index >= 15 is 0 Å². The minimum Gasteiger partial charge on any atom is -0.481 e. The minimum absolute atomic E-state index is 0.611. The molecule has 3 heterocycles. The Bertz CT molecular complexity index is 1500. The van der Waals surface area contributed by atoms with Crippen molar-refractivity contribution in [2.75, 3.05) is 7.11 Å². The third kappa shape index (κ3) is 4.71. The maximum atomic E-state index is 5.11. The highest BCUT2D eigenvalue weighted by atomic mass is 16.5. The summed E-state index contributed by atoms with van der Waals surface area (Å²) in [5, 5.41) is 16.5. The van der Waals surface area contributed by atoms with Crippen LogP contribution in [0.15, 0.2) is 97.3 Å². The third-order valence-electron chi connectivity index (χ3n) is 5.45. The summed E-state index contributed by atoms with van der Waals surface area (Å²) in [5.41, 5.74) is 6.31. The number of H-pyrrole nitrogens is 2. The SMILES string of the molecule is COc1ccc(-c2ccc3c(/C=C/c4ccccc4)n[nH]c3c2)cn1.c1ccc2[nH]ncc2c1. The molecule has 0 spiro atoms. The van der Waals surface area contributed by atoms with Crippen molar-refractivity contribution in [2.45, 2.75) is 0 Å². The van der Waals surface area contributed by atoms with Crippen molar-refractivity contribution >= 4 is 34.0 Å². The number of aromatic nitrogens is 5. The van der Waals surface area contributed by atoms with Gasteiger partial charge in [0, 0.05) is 28.6 Å². The van der Waals surface area contributed by atoms with Gasteiger partial charge in [-0.2, -0.15) is 10.2 Å². The van der Waals surface area contributed by atoms with Crippen LogP contribution < -0.4 is 4.74 Å². The number of fused-ring (bicyclic) bond motifs is 2. The lowest BCUT2D eigenvalue weighted by Crippen LogP contribution is -1.87. The molecule has 0 atom stereocenters. The predicted octanol–water partition coefficient (Wildman–Crippen LogP) is 6.37. The number of nitrogens with zero attached hydrogens (tertiary/aromatic N) is 3. The highest BCUT2D eigenvalue weighted by Gasteiger charge is 2.06. The van der Waals surface area contributed by atoms with Crippen molar-refractivity contribution in [2.24, 2.45) is 0 Å². The fourth-order valence-corrected chi connectivity index (χ4v) is 3.64. The fourth-order valence-electron chi connectivity index (χ4n) is 3.64. The van der Waals surface area contributed by atoms with E-state index in [2.05, 4.69) is 61.8 Å². The summed E-state index contributed by atoms with van der Waals surface area (Å²) in [5.74, 6) is 0.611. The number of nitrogens with one attached hydrogen (secondary N) is 2. The largest absolute Gasteiger partial charge is 0.481 e. The number of benzene rings is 3. The standard InChI is InChI=1S/C21H17N3O.C7H6N2/c1-25-21-12-9-17(14-22-21)16-8-10-18-19(23-24-20(18)13-16)11-7-15-5-3-2-4-6-15;1-2-4-7-6(3-1)5-8-9-7/h2-14H,1H3,(H,23,24);1-5H,(H,8,9)/b11-7+;. The normalized spacial score (nSPS) is 11.0. The monoisotopic (exact) mass is 445 g/mol. The number of ether oxygens (including phenoxy) is 1. The number of rotatable bonds is 4. The molecular formula is C28H23N5O. The summed E-state index contributed by atoms with van der Waals surface area (Å²) in [6.45, 7) is 0. The van der Waals surface area contributed by atoms with Crippen LogP contribution in [0.4, 0.5) is 0 Å². The van der Waals surface area contributed by atoms with Crippen LogP contribution in [0.2, 0.25) is 0 Å². The maximum absolute atomic E-state index is 5.11. The summed E-state index contributed by atoms with van der Waals surface area (Å²) in [7, 11) is 1.61. The van der Waals surface area contributed by atoms with Crippen LogP contribution in [0.5, 0.6) is 5.88 Å². The molecule has 6 heteroatoms. The van der Waals surface area contributed by atoms with E-state index in [1.165, 1.54) is 0 Å². The van der Waals surface area contributed by atoms with Gasteiger partial charge in [-0.15, -0.1) is 0 Å². The van der Waals surface area contributed by atoms with Crippen molar-refractivity contribution in [1.29, 1.82) is 0 Å². The Morgan fingerprint density at radius 2 is 1.56 bits per heavy atom. The molecule has 0 aliphatic rings. The van der Waals surface area contributed by atoms with Gasteiger partial charge in [0.2, 0.25) is 5.88 Å². The van der Waals surface area contributed by atoms with E-state index in [1.807, 2.05) is 73.1 Å². The molecular weight excluding hydrogens is 422 g/mol. The van der Waals surface area contributed by atoms with Gasteiger partial charge in [0.1, 0.15) is 0 Å². The first kappa shape index (κ1) is 21.2. The van der Waals surface area contributed by atoms with Gasteiger partial charge >= 0.3 is 0 Å². The smallest absolute Gasteiger partial charge is 0.212 e. The fraction of sp³-hybridized carbons (Fsp3) is 0.0357. The van der Waals surface area contributed by atoms with Crippen molar-refractivity contribution in [3.63, 3.8) is 0 Å².